The number of benzene rings is 1. The van der Waals surface area contributed by atoms with Crippen LogP contribution < -0.4 is 5.56 Å². The first-order valence-corrected chi connectivity index (χ1v) is 9.50. The van der Waals surface area contributed by atoms with Crippen molar-refractivity contribution in [2.75, 3.05) is 6.54 Å². The Morgan fingerprint density at radius 1 is 1.14 bits per heavy atom. The largest absolute Gasteiger partial charge is 0.357 e. The standard InChI is InChI=1S/C22H21N5O/c1-14-16-6-2-3-7-18(16)24-19(14)12-27-10-8-17-20(13-27)25-21(26-22(17)28)15-5-4-9-23-11-15/h2-7,9,11,24H,8,10,12-13H2,1H3,(H,25,26,28). The van der Waals surface area contributed by atoms with Crippen LogP contribution in [0.15, 0.2) is 53.6 Å². The zero-order chi connectivity index (χ0) is 19.1. The smallest absolute Gasteiger partial charge is 0.254 e. The zero-order valence-corrected chi connectivity index (χ0v) is 15.7. The maximum atomic E-state index is 12.6. The molecule has 0 atom stereocenters. The average Bonchev–Trinajstić information content (AvgIpc) is 3.04. The molecule has 0 radical (unpaired) electrons. The minimum absolute atomic E-state index is 0.0368. The van der Waals surface area contributed by atoms with E-state index in [2.05, 4.69) is 51.0 Å². The molecule has 1 aromatic carbocycles. The fraction of sp³-hybridized carbons (Fsp3) is 0.227. The van der Waals surface area contributed by atoms with Crippen LogP contribution in [0, 0.1) is 6.92 Å². The van der Waals surface area contributed by atoms with Gasteiger partial charge in [-0.1, -0.05) is 18.2 Å². The van der Waals surface area contributed by atoms with Gasteiger partial charge in [0.15, 0.2) is 0 Å². The number of aromatic amines is 2. The molecule has 0 saturated heterocycles. The van der Waals surface area contributed by atoms with Gasteiger partial charge in [0.2, 0.25) is 0 Å². The third-order valence-electron chi connectivity index (χ3n) is 5.54. The molecule has 0 unspecified atom stereocenters. The molecular formula is C22H21N5O. The number of H-pyrrole nitrogens is 2. The van der Waals surface area contributed by atoms with Gasteiger partial charge in [0.1, 0.15) is 5.82 Å². The van der Waals surface area contributed by atoms with E-state index in [1.165, 1.54) is 22.2 Å². The molecule has 5 rings (SSSR count). The topological polar surface area (TPSA) is 77.7 Å². The van der Waals surface area contributed by atoms with E-state index in [0.29, 0.717) is 18.8 Å². The van der Waals surface area contributed by atoms with E-state index >= 15 is 0 Å². The summed E-state index contributed by atoms with van der Waals surface area (Å²) in [5.41, 5.74) is 6.13. The highest BCUT2D eigenvalue weighted by molar-refractivity contribution is 5.84. The van der Waals surface area contributed by atoms with Crippen molar-refractivity contribution in [3.05, 3.63) is 81.7 Å². The van der Waals surface area contributed by atoms with Crippen LogP contribution in [0.4, 0.5) is 0 Å². The van der Waals surface area contributed by atoms with Crippen molar-refractivity contribution in [3.8, 4) is 11.4 Å². The fourth-order valence-corrected chi connectivity index (χ4v) is 3.99. The van der Waals surface area contributed by atoms with Crippen molar-refractivity contribution in [1.82, 2.24) is 24.8 Å². The zero-order valence-electron chi connectivity index (χ0n) is 15.7. The number of hydrogen-bond donors (Lipinski definition) is 2. The average molecular weight is 371 g/mol. The van der Waals surface area contributed by atoms with E-state index in [1.807, 2.05) is 12.1 Å². The van der Waals surface area contributed by atoms with E-state index in [-0.39, 0.29) is 5.56 Å². The highest BCUT2D eigenvalue weighted by atomic mass is 16.1. The van der Waals surface area contributed by atoms with E-state index < -0.39 is 0 Å². The molecule has 1 aliphatic rings. The summed E-state index contributed by atoms with van der Waals surface area (Å²) in [6, 6.07) is 12.1. The van der Waals surface area contributed by atoms with Gasteiger partial charge >= 0.3 is 0 Å². The third-order valence-corrected chi connectivity index (χ3v) is 5.54. The molecule has 3 aromatic heterocycles. The molecule has 6 nitrogen and oxygen atoms in total. The van der Waals surface area contributed by atoms with Crippen molar-refractivity contribution >= 4 is 10.9 Å². The molecule has 0 fully saturated rings. The summed E-state index contributed by atoms with van der Waals surface area (Å²) in [4.78, 5) is 30.2. The van der Waals surface area contributed by atoms with Crippen molar-refractivity contribution in [1.29, 1.82) is 0 Å². The number of aryl methyl sites for hydroxylation is 1. The summed E-state index contributed by atoms with van der Waals surface area (Å²) >= 11 is 0. The number of nitrogens with zero attached hydrogens (tertiary/aromatic N) is 3. The van der Waals surface area contributed by atoms with Gasteiger partial charge in [-0.05, 0) is 37.1 Å². The lowest BCUT2D eigenvalue weighted by molar-refractivity contribution is 0.238. The highest BCUT2D eigenvalue weighted by Gasteiger charge is 2.22. The lowest BCUT2D eigenvalue weighted by Crippen LogP contribution is -2.35. The van der Waals surface area contributed by atoms with Crippen LogP contribution in [0.2, 0.25) is 0 Å². The number of rotatable bonds is 3. The first-order chi connectivity index (χ1) is 13.7. The molecule has 6 heteroatoms. The summed E-state index contributed by atoms with van der Waals surface area (Å²) in [6.45, 7) is 4.49. The van der Waals surface area contributed by atoms with Gasteiger partial charge in [-0.15, -0.1) is 0 Å². The van der Waals surface area contributed by atoms with E-state index in [9.17, 15) is 4.79 Å². The Balaban J connectivity index is 1.45. The number of para-hydroxylation sites is 1. The Labute approximate surface area is 162 Å². The summed E-state index contributed by atoms with van der Waals surface area (Å²) < 4.78 is 0. The van der Waals surface area contributed by atoms with Gasteiger partial charge in [-0.25, -0.2) is 4.98 Å². The Kier molecular flexibility index (Phi) is 4.06. The number of nitrogens with one attached hydrogen (secondary N) is 2. The summed E-state index contributed by atoms with van der Waals surface area (Å²) in [5.74, 6) is 0.584. The van der Waals surface area contributed by atoms with Gasteiger partial charge < -0.3 is 9.97 Å². The summed E-state index contributed by atoms with van der Waals surface area (Å²) in [7, 11) is 0. The normalized spacial score (nSPS) is 14.3. The Hall–Kier alpha value is -3.25. The Morgan fingerprint density at radius 3 is 2.86 bits per heavy atom. The maximum absolute atomic E-state index is 12.6. The Morgan fingerprint density at radius 2 is 2.04 bits per heavy atom. The molecule has 28 heavy (non-hydrogen) atoms. The number of hydrogen-bond acceptors (Lipinski definition) is 4. The van der Waals surface area contributed by atoms with Crippen LogP contribution in [0.1, 0.15) is 22.5 Å². The first-order valence-electron chi connectivity index (χ1n) is 9.50. The molecule has 1 aliphatic heterocycles. The van der Waals surface area contributed by atoms with E-state index in [0.717, 1.165) is 29.9 Å². The molecule has 4 aromatic rings. The molecule has 0 bridgehead atoms. The lowest BCUT2D eigenvalue weighted by Gasteiger charge is -2.27. The van der Waals surface area contributed by atoms with Gasteiger partial charge in [0.05, 0.1) is 5.69 Å². The number of fused-ring (bicyclic) bond motifs is 2. The minimum Gasteiger partial charge on any atom is -0.357 e. The van der Waals surface area contributed by atoms with Gasteiger partial charge in [0, 0.05) is 59.8 Å². The minimum atomic E-state index is -0.0368. The van der Waals surface area contributed by atoms with Crippen molar-refractivity contribution < 1.29 is 0 Å². The fourth-order valence-electron chi connectivity index (χ4n) is 3.99. The van der Waals surface area contributed by atoms with E-state index in [4.69, 9.17) is 4.98 Å². The summed E-state index contributed by atoms with van der Waals surface area (Å²) in [5, 5.41) is 1.27. The van der Waals surface area contributed by atoms with Crippen LogP contribution in [-0.4, -0.2) is 31.4 Å². The molecular weight excluding hydrogens is 350 g/mol. The SMILES string of the molecule is Cc1c(CN2CCc3c(nc(-c4cccnc4)[nH]c3=O)C2)[nH]c2ccccc12. The lowest BCUT2D eigenvalue weighted by atomic mass is 10.1. The van der Waals surface area contributed by atoms with Gasteiger partial charge in [-0.3, -0.25) is 14.7 Å². The van der Waals surface area contributed by atoms with Gasteiger partial charge in [-0.2, -0.15) is 0 Å². The predicted octanol–water partition coefficient (Wildman–Crippen LogP) is 3.18. The monoisotopic (exact) mass is 371 g/mol. The second kappa shape index (κ2) is 6.73. The second-order valence-corrected chi connectivity index (χ2v) is 7.32. The van der Waals surface area contributed by atoms with Gasteiger partial charge in [0.25, 0.3) is 5.56 Å². The molecule has 2 N–H and O–H groups in total. The quantitative estimate of drug-likeness (QED) is 0.580. The Bertz CT molecular complexity index is 1210. The highest BCUT2D eigenvalue weighted by Crippen LogP contribution is 2.24. The van der Waals surface area contributed by atoms with Crippen LogP contribution >= 0.6 is 0 Å². The number of pyridine rings is 1. The first kappa shape index (κ1) is 16.9. The van der Waals surface area contributed by atoms with Crippen LogP contribution in [0.25, 0.3) is 22.3 Å². The maximum Gasteiger partial charge on any atom is 0.254 e. The predicted molar refractivity (Wildman–Crippen MR) is 109 cm³/mol. The molecule has 0 amide bonds. The van der Waals surface area contributed by atoms with Crippen molar-refractivity contribution in [3.63, 3.8) is 0 Å². The van der Waals surface area contributed by atoms with Crippen LogP contribution in [0.3, 0.4) is 0 Å². The molecule has 0 aliphatic carbocycles. The summed E-state index contributed by atoms with van der Waals surface area (Å²) in [6.07, 6.45) is 4.15. The number of aromatic nitrogens is 4. The van der Waals surface area contributed by atoms with Crippen LogP contribution in [0.5, 0.6) is 0 Å². The van der Waals surface area contributed by atoms with Crippen LogP contribution in [-0.2, 0) is 19.5 Å². The molecule has 4 heterocycles. The molecule has 0 saturated carbocycles. The van der Waals surface area contributed by atoms with Crippen molar-refractivity contribution in [2.24, 2.45) is 0 Å². The molecule has 140 valence electrons. The third kappa shape index (κ3) is 2.92. The second-order valence-electron chi connectivity index (χ2n) is 7.32. The van der Waals surface area contributed by atoms with E-state index in [1.54, 1.807) is 12.4 Å². The van der Waals surface area contributed by atoms with Crippen molar-refractivity contribution in [2.45, 2.75) is 26.4 Å². The molecule has 0 spiro atoms.